The molecule has 146 valence electrons. The summed E-state index contributed by atoms with van der Waals surface area (Å²) in [5.74, 6) is -0.0449. The van der Waals surface area contributed by atoms with E-state index in [4.69, 9.17) is 9.15 Å². The minimum atomic E-state index is -0.495. The van der Waals surface area contributed by atoms with Crippen LogP contribution in [0.25, 0.3) is 11.1 Å². The van der Waals surface area contributed by atoms with Crippen LogP contribution in [0.15, 0.2) is 22.8 Å². The maximum Gasteiger partial charge on any atom is 0.410 e. The average molecular weight is 373 g/mol. The van der Waals surface area contributed by atoms with E-state index in [2.05, 4.69) is 4.98 Å². The maximum absolute atomic E-state index is 12.9. The fraction of sp³-hybridized carbons (Fsp3) is 0.600. The number of furan rings is 1. The molecule has 2 bridgehead atoms. The van der Waals surface area contributed by atoms with Crippen LogP contribution in [0.5, 0.6) is 0 Å². The predicted molar refractivity (Wildman–Crippen MR) is 101 cm³/mol. The van der Waals surface area contributed by atoms with Crippen LogP contribution in [-0.4, -0.2) is 57.6 Å². The number of carbonyl (C=O) groups excluding carboxylic acids is 2. The molecule has 0 spiro atoms. The first-order chi connectivity index (χ1) is 12.7. The van der Waals surface area contributed by atoms with E-state index in [0.717, 1.165) is 31.2 Å². The molecule has 2 amide bonds. The van der Waals surface area contributed by atoms with E-state index >= 15 is 0 Å². The zero-order chi connectivity index (χ0) is 19.3. The van der Waals surface area contributed by atoms with Gasteiger partial charge in [0.1, 0.15) is 11.3 Å². The normalized spacial score (nSPS) is 25.0. The van der Waals surface area contributed by atoms with Crippen molar-refractivity contribution in [3.05, 3.63) is 24.1 Å². The highest BCUT2D eigenvalue weighted by Gasteiger charge is 2.46. The molecule has 1 unspecified atom stereocenters. The van der Waals surface area contributed by atoms with Crippen LogP contribution in [0.2, 0.25) is 0 Å². The summed E-state index contributed by atoms with van der Waals surface area (Å²) in [6.07, 6.45) is 4.88. The molecule has 2 aliphatic rings. The van der Waals surface area contributed by atoms with E-state index in [9.17, 15) is 9.59 Å². The Hall–Kier alpha value is -2.44. The second-order valence-corrected chi connectivity index (χ2v) is 8.70. The molecule has 0 aliphatic carbocycles. The van der Waals surface area contributed by atoms with Crippen molar-refractivity contribution in [3.8, 4) is 0 Å². The van der Waals surface area contributed by atoms with Gasteiger partial charge in [0.15, 0.2) is 5.58 Å². The first-order valence-electron chi connectivity index (χ1n) is 9.57. The van der Waals surface area contributed by atoms with E-state index in [1.165, 1.54) is 0 Å². The van der Waals surface area contributed by atoms with Gasteiger partial charge in [0.05, 0.1) is 11.8 Å². The van der Waals surface area contributed by atoms with Gasteiger partial charge in [0.2, 0.25) is 0 Å². The van der Waals surface area contributed by atoms with Crippen LogP contribution in [-0.2, 0) is 4.74 Å². The van der Waals surface area contributed by atoms with Gasteiger partial charge in [-0.15, -0.1) is 0 Å². The quantitative estimate of drug-likeness (QED) is 0.869. The fourth-order valence-electron chi connectivity index (χ4n) is 4.40. The van der Waals surface area contributed by atoms with Crippen LogP contribution in [0, 0.1) is 0 Å². The standard InChI is InChI=1S/C20H27N3O4/c1-20(2,3)27-19(25)23-12-5-6-13(23)10-14(9-12)22(4)18(24)16-11-17-15(21-16)7-8-26-17/h7-8,11-14,21H,5-6,9-10H2,1-4H3/t12-,13+,14?. The van der Waals surface area contributed by atoms with E-state index in [1.54, 1.807) is 12.3 Å². The van der Waals surface area contributed by atoms with Gasteiger partial charge in [-0.25, -0.2) is 4.79 Å². The highest BCUT2D eigenvalue weighted by Crippen LogP contribution is 2.38. The Labute approximate surface area is 158 Å². The van der Waals surface area contributed by atoms with Crippen molar-refractivity contribution in [2.24, 2.45) is 0 Å². The van der Waals surface area contributed by atoms with Crippen molar-refractivity contribution in [1.29, 1.82) is 0 Å². The first kappa shape index (κ1) is 17.9. The van der Waals surface area contributed by atoms with Crippen LogP contribution < -0.4 is 0 Å². The molecule has 2 aliphatic heterocycles. The highest BCUT2D eigenvalue weighted by molar-refractivity contribution is 5.96. The Balaban J connectivity index is 1.45. The third-order valence-corrected chi connectivity index (χ3v) is 5.65. The summed E-state index contributed by atoms with van der Waals surface area (Å²) >= 11 is 0. The molecule has 4 rings (SSSR count). The van der Waals surface area contributed by atoms with Gasteiger partial charge in [-0.2, -0.15) is 0 Å². The summed E-state index contributed by atoms with van der Waals surface area (Å²) in [6, 6.07) is 3.95. The number of hydrogen-bond acceptors (Lipinski definition) is 4. The number of ether oxygens (including phenoxy) is 1. The number of H-pyrrole nitrogens is 1. The van der Waals surface area contributed by atoms with Crippen molar-refractivity contribution in [1.82, 2.24) is 14.8 Å². The number of fused-ring (bicyclic) bond motifs is 3. The molecular formula is C20H27N3O4. The number of amides is 2. The Morgan fingerprint density at radius 3 is 2.52 bits per heavy atom. The molecule has 2 aromatic rings. The zero-order valence-corrected chi connectivity index (χ0v) is 16.3. The summed E-state index contributed by atoms with van der Waals surface area (Å²) in [5.41, 5.74) is 1.55. The topological polar surface area (TPSA) is 78.8 Å². The van der Waals surface area contributed by atoms with Crippen molar-refractivity contribution >= 4 is 23.1 Å². The molecule has 0 aromatic carbocycles. The van der Waals surface area contributed by atoms with Crippen molar-refractivity contribution < 1.29 is 18.7 Å². The smallest absolute Gasteiger partial charge is 0.410 e. The third-order valence-electron chi connectivity index (χ3n) is 5.65. The lowest BCUT2D eigenvalue weighted by Gasteiger charge is -2.42. The molecule has 3 atom stereocenters. The average Bonchev–Trinajstić information content (AvgIpc) is 3.24. The molecule has 27 heavy (non-hydrogen) atoms. The number of aromatic amines is 1. The second-order valence-electron chi connectivity index (χ2n) is 8.70. The predicted octanol–water partition coefficient (Wildman–Crippen LogP) is 3.76. The molecule has 7 heteroatoms. The lowest BCUT2D eigenvalue weighted by Crippen LogP contribution is -2.53. The summed E-state index contributed by atoms with van der Waals surface area (Å²) in [6.45, 7) is 5.66. The van der Waals surface area contributed by atoms with Crippen LogP contribution in [0.1, 0.15) is 56.9 Å². The number of aromatic nitrogens is 1. The summed E-state index contributed by atoms with van der Waals surface area (Å²) in [7, 11) is 1.85. The zero-order valence-electron chi connectivity index (χ0n) is 16.3. The number of carbonyl (C=O) groups is 2. The Bertz CT molecular complexity index is 820. The first-order valence-corrected chi connectivity index (χ1v) is 9.57. The van der Waals surface area contributed by atoms with Crippen LogP contribution in [0.4, 0.5) is 4.79 Å². The van der Waals surface area contributed by atoms with Crippen LogP contribution >= 0.6 is 0 Å². The van der Waals surface area contributed by atoms with Gasteiger partial charge >= 0.3 is 6.09 Å². The Kier molecular flexibility index (Phi) is 4.20. The summed E-state index contributed by atoms with van der Waals surface area (Å²) in [4.78, 5) is 32.3. The molecule has 2 aromatic heterocycles. The van der Waals surface area contributed by atoms with Gasteiger partial charge in [0, 0.05) is 37.3 Å². The van der Waals surface area contributed by atoms with Crippen molar-refractivity contribution in [3.63, 3.8) is 0 Å². The van der Waals surface area contributed by atoms with Crippen molar-refractivity contribution in [2.75, 3.05) is 7.05 Å². The second kappa shape index (κ2) is 6.32. The number of piperidine rings is 1. The minimum Gasteiger partial charge on any atom is -0.463 e. The molecule has 2 saturated heterocycles. The lowest BCUT2D eigenvalue weighted by atomic mass is 9.96. The lowest BCUT2D eigenvalue weighted by molar-refractivity contribution is -0.00116. The molecule has 2 fully saturated rings. The maximum atomic E-state index is 12.9. The minimum absolute atomic E-state index is 0.0449. The van der Waals surface area contributed by atoms with E-state index in [-0.39, 0.29) is 30.1 Å². The Morgan fingerprint density at radius 1 is 1.26 bits per heavy atom. The summed E-state index contributed by atoms with van der Waals surface area (Å²) < 4.78 is 10.9. The third kappa shape index (κ3) is 3.31. The van der Waals surface area contributed by atoms with E-state index in [1.807, 2.05) is 43.7 Å². The Morgan fingerprint density at radius 2 is 1.93 bits per heavy atom. The number of nitrogens with zero attached hydrogens (tertiary/aromatic N) is 2. The number of rotatable bonds is 2. The fourth-order valence-corrected chi connectivity index (χ4v) is 4.40. The number of nitrogens with one attached hydrogen (secondary N) is 1. The molecule has 1 N–H and O–H groups in total. The SMILES string of the molecule is CN(C(=O)c1cc2occc2[nH]1)C1C[C@H]2CC[C@@H](C1)N2C(=O)OC(C)(C)C. The van der Waals surface area contributed by atoms with Gasteiger partial charge in [-0.05, 0) is 46.5 Å². The molecule has 0 radical (unpaired) electrons. The molecule has 0 saturated carbocycles. The van der Waals surface area contributed by atoms with Gasteiger partial charge < -0.3 is 23.9 Å². The molecule has 7 nitrogen and oxygen atoms in total. The molecular weight excluding hydrogens is 346 g/mol. The van der Waals surface area contributed by atoms with E-state index < -0.39 is 5.60 Å². The van der Waals surface area contributed by atoms with E-state index in [0.29, 0.717) is 11.3 Å². The van der Waals surface area contributed by atoms with Crippen molar-refractivity contribution in [2.45, 2.75) is 70.2 Å². The van der Waals surface area contributed by atoms with Gasteiger partial charge in [-0.3, -0.25) is 4.79 Å². The summed E-state index contributed by atoms with van der Waals surface area (Å²) in [5, 5.41) is 0. The van der Waals surface area contributed by atoms with Crippen LogP contribution in [0.3, 0.4) is 0 Å². The molecule has 4 heterocycles. The highest BCUT2D eigenvalue weighted by atomic mass is 16.6. The monoisotopic (exact) mass is 373 g/mol. The van der Waals surface area contributed by atoms with Gasteiger partial charge in [-0.1, -0.05) is 0 Å². The number of hydrogen-bond donors (Lipinski definition) is 1. The largest absolute Gasteiger partial charge is 0.463 e. The van der Waals surface area contributed by atoms with Gasteiger partial charge in [0.25, 0.3) is 5.91 Å².